The topological polar surface area (TPSA) is 47.3 Å². The van der Waals surface area contributed by atoms with E-state index in [1.807, 2.05) is 0 Å². The summed E-state index contributed by atoms with van der Waals surface area (Å²) in [6, 6.07) is 0.301. The fourth-order valence-corrected chi connectivity index (χ4v) is 3.28. The molecule has 0 aliphatic heterocycles. The van der Waals surface area contributed by atoms with Crippen molar-refractivity contribution < 1.29 is 4.74 Å². The van der Waals surface area contributed by atoms with Crippen LogP contribution >= 0.6 is 0 Å². The molecule has 0 radical (unpaired) electrons. The second kappa shape index (κ2) is 6.72. The predicted molar refractivity (Wildman–Crippen MR) is 72.6 cm³/mol. The van der Waals surface area contributed by atoms with Crippen molar-refractivity contribution in [3.8, 4) is 0 Å². The zero-order valence-corrected chi connectivity index (χ0v) is 12.0. The zero-order chi connectivity index (χ0) is 12.9. The zero-order valence-electron chi connectivity index (χ0n) is 12.0. The Hall–Kier alpha value is -0.120. The van der Waals surface area contributed by atoms with Crippen molar-refractivity contribution >= 4 is 0 Å². The standard InChI is InChI=1S/C14H30N2O/c1-11(2)9-14(7-5-6-8-14)13(16-15)10-17-12(3)4/h11-13,16H,5-10,15H2,1-4H3. The highest BCUT2D eigenvalue weighted by atomic mass is 16.5. The third-order valence-corrected chi connectivity index (χ3v) is 3.95. The summed E-state index contributed by atoms with van der Waals surface area (Å²) in [4.78, 5) is 0. The molecule has 1 aliphatic rings. The average Bonchev–Trinajstić information content (AvgIpc) is 2.66. The van der Waals surface area contributed by atoms with Crippen LogP contribution in [-0.2, 0) is 4.74 Å². The maximum atomic E-state index is 5.77. The average molecular weight is 242 g/mol. The Labute approximate surface area is 106 Å². The second-order valence-electron chi connectivity index (χ2n) is 6.27. The van der Waals surface area contributed by atoms with Crippen molar-refractivity contribution in [1.82, 2.24) is 5.43 Å². The SMILES string of the molecule is CC(C)CC1(C(COC(C)C)NN)CCCC1. The summed E-state index contributed by atoms with van der Waals surface area (Å²) in [5.74, 6) is 6.49. The lowest BCUT2D eigenvalue weighted by Gasteiger charge is -2.39. The van der Waals surface area contributed by atoms with Crippen LogP contribution in [0.3, 0.4) is 0 Å². The van der Waals surface area contributed by atoms with Gasteiger partial charge >= 0.3 is 0 Å². The number of nitrogens with one attached hydrogen (secondary N) is 1. The highest BCUT2D eigenvalue weighted by molar-refractivity contribution is 4.94. The van der Waals surface area contributed by atoms with E-state index in [1.54, 1.807) is 0 Å². The second-order valence-corrected chi connectivity index (χ2v) is 6.27. The lowest BCUT2D eigenvalue weighted by molar-refractivity contribution is 0.0169. The summed E-state index contributed by atoms with van der Waals surface area (Å²) in [5.41, 5.74) is 3.38. The molecule has 0 amide bonds. The summed E-state index contributed by atoms with van der Waals surface area (Å²) < 4.78 is 5.77. The number of nitrogens with two attached hydrogens (primary N) is 1. The van der Waals surface area contributed by atoms with E-state index in [-0.39, 0.29) is 6.10 Å². The fourth-order valence-electron chi connectivity index (χ4n) is 3.28. The van der Waals surface area contributed by atoms with Gasteiger partial charge in [0, 0.05) is 0 Å². The molecule has 0 spiro atoms. The van der Waals surface area contributed by atoms with Crippen LogP contribution in [-0.4, -0.2) is 18.8 Å². The molecule has 102 valence electrons. The van der Waals surface area contributed by atoms with Crippen LogP contribution in [0.2, 0.25) is 0 Å². The summed E-state index contributed by atoms with van der Waals surface area (Å²) in [5, 5.41) is 0. The van der Waals surface area contributed by atoms with Crippen LogP contribution in [0.5, 0.6) is 0 Å². The molecular formula is C14H30N2O. The van der Waals surface area contributed by atoms with E-state index >= 15 is 0 Å². The lowest BCUT2D eigenvalue weighted by Crippen LogP contribution is -2.51. The van der Waals surface area contributed by atoms with Gasteiger partial charge in [-0.3, -0.25) is 11.3 Å². The highest BCUT2D eigenvalue weighted by Gasteiger charge is 2.41. The molecular weight excluding hydrogens is 212 g/mol. The van der Waals surface area contributed by atoms with Crippen molar-refractivity contribution in [3.63, 3.8) is 0 Å². The molecule has 3 heteroatoms. The molecule has 3 N–H and O–H groups in total. The van der Waals surface area contributed by atoms with Crippen LogP contribution in [0.4, 0.5) is 0 Å². The molecule has 17 heavy (non-hydrogen) atoms. The van der Waals surface area contributed by atoms with Crippen LogP contribution in [0.25, 0.3) is 0 Å². The van der Waals surface area contributed by atoms with Crippen molar-refractivity contribution in [2.75, 3.05) is 6.61 Å². The van der Waals surface area contributed by atoms with Gasteiger partial charge in [-0.1, -0.05) is 26.7 Å². The Morgan fingerprint density at radius 3 is 2.18 bits per heavy atom. The van der Waals surface area contributed by atoms with Crippen LogP contribution in [0.1, 0.15) is 59.8 Å². The Kier molecular flexibility index (Phi) is 5.90. The third-order valence-electron chi connectivity index (χ3n) is 3.95. The molecule has 1 saturated carbocycles. The summed E-state index contributed by atoms with van der Waals surface area (Å²) >= 11 is 0. The van der Waals surface area contributed by atoms with Gasteiger partial charge in [-0.2, -0.15) is 0 Å². The van der Waals surface area contributed by atoms with Gasteiger partial charge in [-0.25, -0.2) is 0 Å². The van der Waals surface area contributed by atoms with Gasteiger partial charge < -0.3 is 4.74 Å². The fraction of sp³-hybridized carbons (Fsp3) is 1.00. The van der Waals surface area contributed by atoms with Crippen molar-refractivity contribution in [2.24, 2.45) is 17.2 Å². The van der Waals surface area contributed by atoms with Crippen molar-refractivity contribution in [3.05, 3.63) is 0 Å². The summed E-state index contributed by atoms with van der Waals surface area (Å²) in [6.07, 6.45) is 6.80. The monoisotopic (exact) mass is 242 g/mol. The van der Waals surface area contributed by atoms with Crippen LogP contribution < -0.4 is 11.3 Å². The largest absolute Gasteiger partial charge is 0.377 e. The Morgan fingerprint density at radius 2 is 1.76 bits per heavy atom. The number of rotatable bonds is 7. The van der Waals surface area contributed by atoms with Gasteiger partial charge in [0.25, 0.3) is 0 Å². The Balaban J connectivity index is 2.65. The summed E-state index contributed by atoms with van der Waals surface area (Å²) in [7, 11) is 0. The van der Waals surface area contributed by atoms with E-state index < -0.39 is 0 Å². The number of hydrazine groups is 1. The van der Waals surface area contributed by atoms with E-state index in [0.717, 1.165) is 12.5 Å². The number of hydrogen-bond donors (Lipinski definition) is 2. The van der Waals surface area contributed by atoms with E-state index in [0.29, 0.717) is 11.5 Å². The van der Waals surface area contributed by atoms with Gasteiger partial charge in [-0.05, 0) is 44.4 Å². The van der Waals surface area contributed by atoms with Gasteiger partial charge in [0.1, 0.15) is 0 Å². The maximum Gasteiger partial charge on any atom is 0.0642 e. The van der Waals surface area contributed by atoms with E-state index in [1.165, 1.54) is 32.1 Å². The predicted octanol–water partition coefficient (Wildman–Crippen LogP) is 2.85. The van der Waals surface area contributed by atoms with Crippen molar-refractivity contribution in [2.45, 2.75) is 71.9 Å². The Morgan fingerprint density at radius 1 is 1.18 bits per heavy atom. The first-order valence-corrected chi connectivity index (χ1v) is 7.08. The minimum absolute atomic E-state index is 0.281. The van der Waals surface area contributed by atoms with Gasteiger partial charge in [0.15, 0.2) is 0 Å². The molecule has 3 nitrogen and oxygen atoms in total. The smallest absolute Gasteiger partial charge is 0.0642 e. The molecule has 1 unspecified atom stereocenters. The first-order valence-electron chi connectivity index (χ1n) is 7.08. The van der Waals surface area contributed by atoms with Gasteiger partial charge in [0.05, 0.1) is 18.8 Å². The van der Waals surface area contributed by atoms with Crippen LogP contribution in [0, 0.1) is 11.3 Å². The summed E-state index contributed by atoms with van der Waals surface area (Å²) in [6.45, 7) is 9.50. The first kappa shape index (κ1) is 14.9. The Bertz CT molecular complexity index is 210. The molecule has 1 atom stereocenters. The molecule has 0 saturated heterocycles. The maximum absolute atomic E-state index is 5.77. The van der Waals surface area contributed by atoms with E-state index in [9.17, 15) is 0 Å². The van der Waals surface area contributed by atoms with Crippen molar-refractivity contribution in [1.29, 1.82) is 0 Å². The molecule has 0 heterocycles. The van der Waals surface area contributed by atoms with Gasteiger partial charge in [0.2, 0.25) is 0 Å². The molecule has 1 rings (SSSR count). The first-order chi connectivity index (χ1) is 8.00. The number of hydrogen-bond acceptors (Lipinski definition) is 3. The van der Waals surface area contributed by atoms with E-state index in [2.05, 4.69) is 33.1 Å². The minimum atomic E-state index is 0.281. The normalized spacial score (nSPS) is 21.4. The molecule has 0 aromatic carbocycles. The third kappa shape index (κ3) is 4.23. The molecule has 0 aromatic heterocycles. The van der Waals surface area contributed by atoms with E-state index in [4.69, 9.17) is 10.6 Å². The number of ether oxygens (including phenoxy) is 1. The molecule has 0 aromatic rings. The highest BCUT2D eigenvalue weighted by Crippen LogP contribution is 2.45. The lowest BCUT2D eigenvalue weighted by atomic mass is 9.73. The minimum Gasteiger partial charge on any atom is -0.377 e. The van der Waals surface area contributed by atoms with Crippen LogP contribution in [0.15, 0.2) is 0 Å². The molecule has 0 bridgehead atoms. The molecule has 1 aliphatic carbocycles. The quantitative estimate of drug-likeness (QED) is 0.533. The van der Waals surface area contributed by atoms with Gasteiger partial charge in [-0.15, -0.1) is 0 Å². The molecule has 1 fully saturated rings.